The molecular formula is C23H36LuN8O8. The molecule has 1 saturated heterocycles. The van der Waals surface area contributed by atoms with Crippen molar-refractivity contribution in [3.05, 3.63) is 23.9 Å². The number of amides is 2. The Bertz CT molecular complexity index is 968. The maximum absolute atomic E-state index is 12.7. The van der Waals surface area contributed by atoms with Crippen molar-refractivity contribution in [1.29, 1.82) is 0 Å². The molecule has 0 spiro atoms. The van der Waals surface area contributed by atoms with Gasteiger partial charge in [0.25, 0.3) is 11.8 Å². The summed E-state index contributed by atoms with van der Waals surface area (Å²) in [7, 11) is 1.50. The first-order valence-corrected chi connectivity index (χ1v) is 12.3. The molecule has 2 rings (SSSR count). The van der Waals surface area contributed by atoms with Gasteiger partial charge in [0.15, 0.2) is 0 Å². The van der Waals surface area contributed by atoms with Gasteiger partial charge in [-0.15, -0.1) is 0 Å². The van der Waals surface area contributed by atoms with Gasteiger partial charge in [-0.05, 0) is 12.1 Å². The number of anilines is 1. The summed E-state index contributed by atoms with van der Waals surface area (Å²) in [4.78, 5) is 69.2. The van der Waals surface area contributed by atoms with E-state index >= 15 is 0 Å². The number of carbonyl (C=O) groups excluding carboxylic acids is 2. The van der Waals surface area contributed by atoms with E-state index in [4.69, 9.17) is 0 Å². The Morgan fingerprint density at radius 2 is 1.12 bits per heavy atom. The van der Waals surface area contributed by atoms with Gasteiger partial charge in [0.1, 0.15) is 5.82 Å². The fraction of sp³-hybridized carbons (Fsp3) is 0.565. The predicted octanol–water partition coefficient (Wildman–Crippen LogP) is -2.64. The van der Waals surface area contributed by atoms with Crippen LogP contribution < -0.4 is 16.2 Å². The minimum Gasteiger partial charge on any atom is -0.480 e. The number of carboxylic acid groups (broad SMARTS) is 3. The first-order chi connectivity index (χ1) is 18.5. The molecule has 0 atom stereocenters. The zero-order valence-electron chi connectivity index (χ0n) is 22.1. The smallest absolute Gasteiger partial charge is 0.317 e. The topological polar surface area (TPSA) is 208 Å². The van der Waals surface area contributed by atoms with Gasteiger partial charge >= 0.3 is 17.9 Å². The van der Waals surface area contributed by atoms with Gasteiger partial charge in [-0.25, -0.2) is 4.98 Å². The molecule has 2 heterocycles. The van der Waals surface area contributed by atoms with Crippen LogP contribution in [-0.4, -0.2) is 155 Å². The van der Waals surface area contributed by atoms with Crippen molar-refractivity contribution in [3.63, 3.8) is 0 Å². The summed E-state index contributed by atoms with van der Waals surface area (Å²) >= 11 is 0. The van der Waals surface area contributed by atoms with Gasteiger partial charge < -0.3 is 20.6 Å². The zero-order chi connectivity index (χ0) is 28.8. The number of nitrogens with one attached hydrogen (secondary N) is 3. The summed E-state index contributed by atoms with van der Waals surface area (Å²) in [6.07, 6.45) is 1.36. The molecule has 0 unspecified atom stereocenters. The molecule has 1 aliphatic rings. The van der Waals surface area contributed by atoms with Crippen LogP contribution >= 0.6 is 0 Å². The Balaban J connectivity index is 0.00000800. The Labute approximate surface area is 260 Å². The second-order valence-corrected chi connectivity index (χ2v) is 8.97. The maximum atomic E-state index is 12.7. The summed E-state index contributed by atoms with van der Waals surface area (Å²) in [6, 6.07) is 3.07. The van der Waals surface area contributed by atoms with Crippen LogP contribution in [0.25, 0.3) is 0 Å². The van der Waals surface area contributed by atoms with Gasteiger partial charge in [-0.3, -0.25) is 54.4 Å². The van der Waals surface area contributed by atoms with Crippen LogP contribution in [0.15, 0.2) is 18.3 Å². The minimum atomic E-state index is -1.03. The van der Waals surface area contributed by atoms with Crippen molar-refractivity contribution in [1.82, 2.24) is 35.3 Å². The van der Waals surface area contributed by atoms with Crippen LogP contribution in [0.5, 0.6) is 0 Å². The fourth-order valence-corrected chi connectivity index (χ4v) is 3.91. The van der Waals surface area contributed by atoms with Crippen molar-refractivity contribution in [2.75, 3.05) is 91.0 Å². The number of aromatic nitrogens is 1. The Hall–Kier alpha value is -2.63. The van der Waals surface area contributed by atoms with Crippen LogP contribution in [0.1, 0.15) is 10.4 Å². The Morgan fingerprint density at radius 3 is 1.45 bits per heavy atom. The standard InChI is InChI=1S/C23H36N8O8.Lu/c1-24-23(39)17-2-3-18(25-12-17)26-27-19(32)13-28-4-6-29(14-20(33)34)8-10-31(16-22(37)38)11-9-30(7-5-28)15-21(35)36;/h2-3,12H,4-11,13-16H2,1H3,(H,24,39)(H,25,26)(H,27,32)(H,33,34)(H,35,36)(H,37,38);/i;1+2. The van der Waals surface area contributed by atoms with Gasteiger partial charge in [0, 0.05) is 102 Å². The van der Waals surface area contributed by atoms with Crippen molar-refractivity contribution in [2.24, 2.45) is 0 Å². The molecule has 2 amide bonds. The van der Waals surface area contributed by atoms with Gasteiger partial charge in [-0.2, -0.15) is 0 Å². The van der Waals surface area contributed by atoms with Crippen molar-refractivity contribution in [3.8, 4) is 0 Å². The summed E-state index contributed by atoms with van der Waals surface area (Å²) in [5.41, 5.74) is 5.57. The number of nitrogens with zero attached hydrogens (tertiary/aromatic N) is 5. The first-order valence-electron chi connectivity index (χ1n) is 12.3. The van der Waals surface area contributed by atoms with Gasteiger partial charge in [0.05, 0.1) is 31.7 Å². The van der Waals surface area contributed by atoms with Crippen LogP contribution in [0.4, 0.5) is 5.82 Å². The van der Waals surface area contributed by atoms with E-state index < -0.39 is 23.8 Å². The van der Waals surface area contributed by atoms with E-state index in [1.807, 2.05) is 0 Å². The molecule has 1 radical (unpaired) electrons. The summed E-state index contributed by atoms with van der Waals surface area (Å²) in [5, 5.41) is 30.3. The number of carbonyl (C=O) groups is 5. The van der Waals surface area contributed by atoms with E-state index in [9.17, 15) is 39.3 Å². The minimum absolute atomic E-state index is 0. The molecule has 0 saturated carbocycles. The molecular weight excluding hydrogens is 693 g/mol. The fourth-order valence-electron chi connectivity index (χ4n) is 3.91. The van der Waals surface area contributed by atoms with E-state index in [0.717, 1.165) is 0 Å². The summed E-state index contributed by atoms with van der Waals surface area (Å²) in [5.74, 6) is -3.46. The Kier molecular flexibility index (Phi) is 16.5. The Morgan fingerprint density at radius 1 is 0.725 bits per heavy atom. The van der Waals surface area contributed by atoms with Gasteiger partial charge in [-0.1, -0.05) is 0 Å². The quantitative estimate of drug-likeness (QED) is 0.129. The molecule has 40 heavy (non-hydrogen) atoms. The number of hydrogen-bond acceptors (Lipinski definition) is 11. The maximum Gasteiger partial charge on any atom is 0.317 e. The number of carboxylic acids is 3. The number of aliphatic carboxylic acids is 3. The van der Waals surface area contributed by atoms with Crippen LogP contribution in [0.2, 0.25) is 0 Å². The predicted molar refractivity (Wildman–Crippen MR) is 138 cm³/mol. The summed E-state index contributed by atoms with van der Waals surface area (Å²) in [6.45, 7) is 1.60. The monoisotopic (exact) mass is 729 g/mol. The molecule has 1 aliphatic heterocycles. The van der Waals surface area contributed by atoms with Crippen LogP contribution in [0.3, 0.4) is 0 Å². The van der Waals surface area contributed by atoms with E-state index in [2.05, 4.69) is 21.2 Å². The van der Waals surface area contributed by atoms with E-state index in [1.54, 1.807) is 25.7 Å². The summed E-state index contributed by atoms with van der Waals surface area (Å²) < 4.78 is 0. The van der Waals surface area contributed by atoms with E-state index in [1.165, 1.54) is 19.3 Å². The van der Waals surface area contributed by atoms with Crippen LogP contribution in [-0.2, 0) is 19.2 Å². The largest absolute Gasteiger partial charge is 0.480 e. The second-order valence-electron chi connectivity index (χ2n) is 8.97. The number of pyridine rings is 1. The molecule has 1 fully saturated rings. The van der Waals surface area contributed by atoms with Gasteiger partial charge in [0.2, 0.25) is 0 Å². The SMILES string of the molecule is CNC(=O)c1ccc(NNC(=O)CN2CCN(CC(=O)O)CCN(CC(=O)O)CCN(CC(=O)O)CC2)nc1.[177Lu]. The molecule has 231 valence electrons. The zero-order valence-corrected chi connectivity index (χ0v) is 23.8. The number of rotatable bonds is 11. The van der Waals surface area contributed by atoms with Crippen molar-refractivity contribution < 1.29 is 76.2 Å². The number of hydrazine groups is 1. The third-order valence-corrected chi connectivity index (χ3v) is 5.96. The van der Waals surface area contributed by atoms with E-state index in [0.29, 0.717) is 37.6 Å². The third-order valence-electron chi connectivity index (χ3n) is 5.96. The average molecular weight is 730 g/mol. The van der Waals surface area contributed by atoms with Crippen LogP contribution in [0, 0.1) is 36.9 Å². The van der Waals surface area contributed by atoms with Crippen molar-refractivity contribution in [2.45, 2.75) is 0 Å². The molecule has 17 heteroatoms. The molecule has 1 aromatic rings. The first kappa shape index (κ1) is 35.4. The molecule has 0 aliphatic carbocycles. The normalized spacial score (nSPS) is 16.4. The molecule has 1 aromatic heterocycles. The number of hydrogen-bond donors (Lipinski definition) is 6. The van der Waals surface area contributed by atoms with Crippen molar-refractivity contribution >= 4 is 35.5 Å². The van der Waals surface area contributed by atoms with E-state index in [-0.39, 0.29) is 95.1 Å². The second kappa shape index (κ2) is 18.7. The molecule has 16 nitrogen and oxygen atoms in total. The molecule has 0 aromatic carbocycles. The third kappa shape index (κ3) is 14.1. The molecule has 6 N–H and O–H groups in total. The average Bonchev–Trinajstić information content (AvgIpc) is 2.88. The molecule has 0 bridgehead atoms.